The maximum Gasteiger partial charge on any atom is 0.363 e. The fourth-order valence-corrected chi connectivity index (χ4v) is 4.40. The summed E-state index contributed by atoms with van der Waals surface area (Å²) in [5, 5.41) is 9.14. The van der Waals surface area contributed by atoms with Crippen molar-refractivity contribution in [2.75, 3.05) is 13.2 Å². The highest BCUT2D eigenvalue weighted by molar-refractivity contribution is 7.62. The molecule has 0 unspecified atom stereocenters. The summed E-state index contributed by atoms with van der Waals surface area (Å²) in [5.74, 6) is 0. The van der Waals surface area contributed by atoms with Crippen LogP contribution in [0.4, 0.5) is 0 Å². The van der Waals surface area contributed by atoms with E-state index in [1.165, 1.54) is 0 Å². The molecule has 0 aliphatic carbocycles. The number of benzene rings is 2. The molecular formula is C20H21N2O3P. The Bertz CT molecular complexity index is 891. The van der Waals surface area contributed by atoms with Crippen molar-refractivity contribution in [1.29, 1.82) is 0 Å². The van der Waals surface area contributed by atoms with Crippen molar-refractivity contribution in [1.82, 2.24) is 10.2 Å². The summed E-state index contributed by atoms with van der Waals surface area (Å²) < 4.78 is 24.6. The highest BCUT2D eigenvalue weighted by atomic mass is 31.2. The van der Waals surface area contributed by atoms with Crippen LogP contribution in [-0.2, 0) is 13.6 Å². The molecule has 0 fully saturated rings. The monoisotopic (exact) mass is 368 g/mol. The predicted molar refractivity (Wildman–Crippen MR) is 103 cm³/mol. The Morgan fingerprint density at radius 1 is 0.808 bits per heavy atom. The van der Waals surface area contributed by atoms with Gasteiger partial charge in [0.05, 0.1) is 24.2 Å². The average Bonchev–Trinajstić information content (AvgIpc) is 2.69. The van der Waals surface area contributed by atoms with Crippen molar-refractivity contribution in [2.45, 2.75) is 13.8 Å². The lowest BCUT2D eigenvalue weighted by atomic mass is 10.1. The average molecular weight is 368 g/mol. The van der Waals surface area contributed by atoms with E-state index in [0.717, 1.165) is 11.1 Å². The second-order valence-corrected chi connectivity index (χ2v) is 7.52. The summed E-state index contributed by atoms with van der Waals surface area (Å²) in [7, 11) is -3.52. The minimum Gasteiger partial charge on any atom is -0.305 e. The van der Waals surface area contributed by atoms with E-state index in [2.05, 4.69) is 10.2 Å². The standard InChI is InChI=1S/C20H21N2O3P/c1-3-24-26(23,25-4-2)19-15-18(16-11-7-5-8-12-16)21-22-20(19)17-13-9-6-10-14-17/h5-15H,3-4H2,1-2H3. The van der Waals surface area contributed by atoms with E-state index in [9.17, 15) is 4.57 Å². The molecule has 3 rings (SSSR count). The summed E-state index contributed by atoms with van der Waals surface area (Å²) in [6.45, 7) is 4.13. The number of aromatic nitrogens is 2. The molecule has 5 nitrogen and oxygen atoms in total. The van der Waals surface area contributed by atoms with Crippen LogP contribution in [0.5, 0.6) is 0 Å². The smallest absolute Gasteiger partial charge is 0.305 e. The predicted octanol–water partition coefficient (Wildman–Crippen LogP) is 4.70. The van der Waals surface area contributed by atoms with Crippen LogP contribution in [0.1, 0.15) is 13.8 Å². The third-order valence-corrected chi connectivity index (χ3v) is 5.91. The number of nitrogens with zero attached hydrogens (tertiary/aromatic N) is 2. The zero-order valence-electron chi connectivity index (χ0n) is 14.8. The molecule has 1 aromatic heterocycles. The first kappa shape index (κ1) is 18.5. The second kappa shape index (κ2) is 8.37. The fourth-order valence-electron chi connectivity index (χ4n) is 2.66. The van der Waals surface area contributed by atoms with Gasteiger partial charge in [-0.05, 0) is 19.9 Å². The maximum atomic E-state index is 13.5. The SMILES string of the molecule is CCOP(=O)(OCC)c1cc(-c2ccccc2)nnc1-c1ccccc1. The molecule has 0 N–H and O–H groups in total. The van der Waals surface area contributed by atoms with E-state index >= 15 is 0 Å². The lowest BCUT2D eigenvalue weighted by Gasteiger charge is -2.20. The van der Waals surface area contributed by atoms with E-state index in [0.29, 0.717) is 16.7 Å². The highest BCUT2D eigenvalue weighted by Gasteiger charge is 2.32. The van der Waals surface area contributed by atoms with E-state index in [4.69, 9.17) is 9.05 Å². The molecule has 0 bridgehead atoms. The normalized spacial score (nSPS) is 11.5. The molecule has 0 aliphatic rings. The number of hydrogen-bond acceptors (Lipinski definition) is 5. The van der Waals surface area contributed by atoms with Gasteiger partial charge in [-0.1, -0.05) is 60.7 Å². The molecule has 0 amide bonds. The largest absolute Gasteiger partial charge is 0.363 e. The summed E-state index contributed by atoms with van der Waals surface area (Å²) in [6.07, 6.45) is 0. The molecule has 0 aliphatic heterocycles. The molecule has 3 aromatic rings. The topological polar surface area (TPSA) is 61.3 Å². The minimum atomic E-state index is -3.52. The molecule has 0 spiro atoms. The molecule has 2 aromatic carbocycles. The fraction of sp³-hybridized carbons (Fsp3) is 0.200. The zero-order valence-corrected chi connectivity index (χ0v) is 15.7. The third-order valence-electron chi connectivity index (χ3n) is 3.78. The Labute approximate surface area is 153 Å². The van der Waals surface area contributed by atoms with Crippen LogP contribution in [-0.4, -0.2) is 23.4 Å². The van der Waals surface area contributed by atoms with Crippen LogP contribution >= 0.6 is 7.60 Å². The summed E-state index contributed by atoms with van der Waals surface area (Å²) in [5.41, 5.74) is 2.84. The summed E-state index contributed by atoms with van der Waals surface area (Å²) >= 11 is 0. The number of hydrogen-bond donors (Lipinski definition) is 0. The molecule has 6 heteroatoms. The van der Waals surface area contributed by atoms with Gasteiger partial charge in [0, 0.05) is 11.1 Å². The Balaban J connectivity index is 2.21. The van der Waals surface area contributed by atoms with Crippen molar-refractivity contribution >= 4 is 12.9 Å². The molecule has 0 saturated carbocycles. The van der Waals surface area contributed by atoms with Crippen LogP contribution in [0.3, 0.4) is 0 Å². The quantitative estimate of drug-likeness (QED) is 0.566. The summed E-state index contributed by atoms with van der Waals surface area (Å²) in [4.78, 5) is 0. The van der Waals surface area contributed by atoms with Gasteiger partial charge in [-0.25, -0.2) is 0 Å². The van der Waals surface area contributed by atoms with Crippen LogP contribution in [0.2, 0.25) is 0 Å². The molecule has 0 radical (unpaired) electrons. The van der Waals surface area contributed by atoms with Gasteiger partial charge in [-0.3, -0.25) is 4.57 Å². The van der Waals surface area contributed by atoms with Gasteiger partial charge in [-0.15, -0.1) is 10.2 Å². The minimum absolute atomic E-state index is 0.272. The Morgan fingerprint density at radius 3 is 1.88 bits per heavy atom. The molecule has 26 heavy (non-hydrogen) atoms. The maximum absolute atomic E-state index is 13.5. The van der Waals surface area contributed by atoms with E-state index in [1.807, 2.05) is 60.7 Å². The van der Waals surface area contributed by atoms with E-state index in [1.54, 1.807) is 19.9 Å². The first-order valence-corrected chi connectivity index (χ1v) is 10.1. The van der Waals surface area contributed by atoms with Gasteiger partial charge in [0.25, 0.3) is 0 Å². The van der Waals surface area contributed by atoms with Gasteiger partial charge in [-0.2, -0.15) is 0 Å². The van der Waals surface area contributed by atoms with Crippen molar-refractivity contribution in [3.8, 4) is 22.5 Å². The molecule has 0 saturated heterocycles. The van der Waals surface area contributed by atoms with Crippen molar-refractivity contribution in [3.05, 3.63) is 66.7 Å². The van der Waals surface area contributed by atoms with Crippen molar-refractivity contribution in [3.63, 3.8) is 0 Å². The molecule has 1 heterocycles. The highest BCUT2D eigenvalue weighted by Crippen LogP contribution is 2.49. The van der Waals surface area contributed by atoms with Gasteiger partial charge >= 0.3 is 7.60 Å². The second-order valence-electron chi connectivity index (χ2n) is 5.53. The first-order valence-electron chi connectivity index (χ1n) is 8.56. The Hall–Kier alpha value is -2.33. The zero-order chi connectivity index (χ0) is 18.4. The first-order chi connectivity index (χ1) is 12.7. The van der Waals surface area contributed by atoms with E-state index < -0.39 is 7.60 Å². The Kier molecular flexibility index (Phi) is 5.94. The van der Waals surface area contributed by atoms with Crippen LogP contribution in [0.15, 0.2) is 66.7 Å². The van der Waals surface area contributed by atoms with Crippen molar-refractivity contribution in [2.24, 2.45) is 0 Å². The van der Waals surface area contributed by atoms with E-state index in [-0.39, 0.29) is 13.2 Å². The van der Waals surface area contributed by atoms with Gasteiger partial charge in [0.1, 0.15) is 5.69 Å². The van der Waals surface area contributed by atoms with Crippen LogP contribution < -0.4 is 5.30 Å². The number of rotatable bonds is 7. The molecule has 0 atom stereocenters. The third kappa shape index (κ3) is 3.91. The molecule has 134 valence electrons. The van der Waals surface area contributed by atoms with Crippen LogP contribution in [0, 0.1) is 0 Å². The van der Waals surface area contributed by atoms with Gasteiger partial charge < -0.3 is 9.05 Å². The Morgan fingerprint density at radius 2 is 1.35 bits per heavy atom. The van der Waals surface area contributed by atoms with Crippen molar-refractivity contribution < 1.29 is 13.6 Å². The lowest BCUT2D eigenvalue weighted by molar-refractivity contribution is 0.230. The lowest BCUT2D eigenvalue weighted by Crippen LogP contribution is -2.16. The van der Waals surface area contributed by atoms with Crippen LogP contribution in [0.25, 0.3) is 22.5 Å². The summed E-state index contributed by atoms with van der Waals surface area (Å²) in [6, 6.07) is 20.9. The molecular weight excluding hydrogens is 347 g/mol. The van der Waals surface area contributed by atoms with Gasteiger partial charge in [0.15, 0.2) is 0 Å². The van der Waals surface area contributed by atoms with Gasteiger partial charge in [0.2, 0.25) is 0 Å².